The highest BCUT2D eigenvalue weighted by molar-refractivity contribution is 7.95. The largest absolute Gasteiger partial charge is 0.481 e. The number of hydrogen-bond acceptors (Lipinski definition) is 1. The maximum atomic E-state index is 11.0. The van der Waals surface area contributed by atoms with E-state index in [0.717, 1.165) is 12.6 Å². The van der Waals surface area contributed by atoms with Crippen molar-refractivity contribution in [2.24, 2.45) is 0 Å². The molecule has 3 heteroatoms. The lowest BCUT2D eigenvalue weighted by atomic mass is 10.2. The molecule has 0 aliphatic rings. The van der Waals surface area contributed by atoms with Crippen molar-refractivity contribution in [1.29, 1.82) is 0 Å². The maximum Gasteiger partial charge on any atom is 0.303 e. The molecule has 3 aromatic rings. The molecule has 0 spiro atoms. The molecule has 0 bridgehead atoms. The Balaban J connectivity index is 2.16. The molecule has 3 aromatic carbocycles. The van der Waals surface area contributed by atoms with Crippen molar-refractivity contribution in [2.45, 2.75) is 26.2 Å². The molecule has 138 valence electrons. The van der Waals surface area contributed by atoms with Gasteiger partial charge in [-0.1, -0.05) is 54.6 Å². The van der Waals surface area contributed by atoms with Crippen molar-refractivity contribution in [3.63, 3.8) is 0 Å². The molecule has 0 unspecified atom stereocenters. The summed E-state index contributed by atoms with van der Waals surface area (Å²) in [4.78, 5) is 11.0. The molecule has 0 aliphatic heterocycles. The molecular formula is C24H26O2P+. The van der Waals surface area contributed by atoms with E-state index < -0.39 is 13.2 Å². The van der Waals surface area contributed by atoms with E-state index in [1.54, 1.807) is 0 Å². The van der Waals surface area contributed by atoms with Gasteiger partial charge in [0.15, 0.2) is 0 Å². The molecule has 0 radical (unpaired) electrons. The highest BCUT2D eigenvalue weighted by Gasteiger charge is 2.45. The molecule has 0 heterocycles. The molecule has 27 heavy (non-hydrogen) atoms. The number of aliphatic carboxylic acids is 1. The van der Waals surface area contributed by atoms with Crippen LogP contribution >= 0.6 is 7.26 Å². The van der Waals surface area contributed by atoms with Crippen LogP contribution in [0.25, 0.3) is 0 Å². The number of rotatable bonds is 8. The molecule has 0 amide bonds. The third kappa shape index (κ3) is 4.28. The van der Waals surface area contributed by atoms with Crippen LogP contribution in [0.5, 0.6) is 0 Å². The van der Waals surface area contributed by atoms with Crippen molar-refractivity contribution in [1.82, 2.24) is 0 Å². The fourth-order valence-corrected chi connectivity index (χ4v) is 8.48. The second kappa shape index (κ2) is 8.97. The fourth-order valence-electron chi connectivity index (χ4n) is 3.79. The average Bonchev–Trinajstić information content (AvgIpc) is 2.70. The van der Waals surface area contributed by atoms with Crippen LogP contribution in [0.4, 0.5) is 0 Å². The van der Waals surface area contributed by atoms with E-state index in [1.807, 2.05) is 0 Å². The molecule has 0 saturated carbocycles. The Morgan fingerprint density at radius 3 is 1.81 bits per heavy atom. The first kappa shape index (κ1) is 19.3. The Kier molecular flexibility index (Phi) is 6.42. The van der Waals surface area contributed by atoms with Crippen molar-refractivity contribution < 1.29 is 9.90 Å². The van der Waals surface area contributed by atoms with Crippen LogP contribution in [-0.4, -0.2) is 17.2 Å². The summed E-state index contributed by atoms with van der Waals surface area (Å²) >= 11 is 0. The van der Waals surface area contributed by atoms with Crippen LogP contribution < -0.4 is 15.9 Å². The van der Waals surface area contributed by atoms with Crippen molar-refractivity contribution >= 4 is 29.1 Å². The monoisotopic (exact) mass is 377 g/mol. The molecule has 0 aliphatic carbocycles. The van der Waals surface area contributed by atoms with Gasteiger partial charge in [0.05, 0.1) is 6.16 Å². The van der Waals surface area contributed by atoms with Crippen LogP contribution in [0.2, 0.25) is 0 Å². The Hall–Kier alpha value is -2.44. The predicted molar refractivity (Wildman–Crippen MR) is 116 cm³/mol. The van der Waals surface area contributed by atoms with Gasteiger partial charge in [0.1, 0.15) is 23.2 Å². The second-order valence-electron chi connectivity index (χ2n) is 6.84. The summed E-state index contributed by atoms with van der Waals surface area (Å²) in [7, 11) is -1.84. The number of carbonyl (C=O) groups is 1. The molecular weight excluding hydrogens is 351 g/mol. The predicted octanol–water partition coefficient (Wildman–Crippen LogP) is 4.54. The van der Waals surface area contributed by atoms with Crippen molar-refractivity contribution in [2.75, 3.05) is 6.16 Å². The van der Waals surface area contributed by atoms with Crippen LogP contribution in [-0.2, 0) is 4.79 Å². The lowest BCUT2D eigenvalue weighted by Gasteiger charge is -2.29. The van der Waals surface area contributed by atoms with E-state index >= 15 is 0 Å². The zero-order valence-electron chi connectivity index (χ0n) is 15.7. The van der Waals surface area contributed by atoms with Gasteiger partial charge in [-0.2, -0.15) is 0 Å². The van der Waals surface area contributed by atoms with E-state index in [0.29, 0.717) is 6.42 Å². The first-order chi connectivity index (χ1) is 13.1. The summed E-state index contributed by atoms with van der Waals surface area (Å²) in [5.74, 6) is -0.714. The van der Waals surface area contributed by atoms with Crippen LogP contribution in [0, 0.1) is 6.92 Å². The van der Waals surface area contributed by atoms with Crippen LogP contribution in [0.1, 0.15) is 24.8 Å². The summed E-state index contributed by atoms with van der Waals surface area (Å²) in [5, 5.41) is 13.2. The quantitative estimate of drug-likeness (QED) is 0.462. The van der Waals surface area contributed by atoms with Gasteiger partial charge in [-0.05, 0) is 55.7 Å². The van der Waals surface area contributed by atoms with E-state index in [4.69, 9.17) is 5.11 Å². The van der Waals surface area contributed by atoms with Gasteiger partial charge in [0, 0.05) is 6.42 Å². The molecule has 0 fully saturated rings. The normalized spacial score (nSPS) is 11.3. The van der Waals surface area contributed by atoms with Crippen molar-refractivity contribution in [3.05, 3.63) is 90.5 Å². The zero-order chi connectivity index (χ0) is 19.1. The van der Waals surface area contributed by atoms with E-state index in [1.165, 1.54) is 21.5 Å². The average molecular weight is 377 g/mol. The molecule has 2 nitrogen and oxygen atoms in total. The highest BCUT2D eigenvalue weighted by atomic mass is 31.2. The minimum atomic E-state index is -1.84. The lowest BCUT2D eigenvalue weighted by Crippen LogP contribution is -2.34. The van der Waals surface area contributed by atoms with Crippen LogP contribution in [0.15, 0.2) is 84.9 Å². The fraction of sp³-hybridized carbons (Fsp3) is 0.208. The van der Waals surface area contributed by atoms with Gasteiger partial charge < -0.3 is 5.11 Å². The topological polar surface area (TPSA) is 37.3 Å². The van der Waals surface area contributed by atoms with Gasteiger partial charge in [-0.15, -0.1) is 0 Å². The maximum absolute atomic E-state index is 11.0. The number of benzene rings is 3. The van der Waals surface area contributed by atoms with Gasteiger partial charge in [0.2, 0.25) is 0 Å². The molecule has 1 N–H and O–H groups in total. The van der Waals surface area contributed by atoms with Crippen LogP contribution in [0.3, 0.4) is 0 Å². The summed E-state index contributed by atoms with van der Waals surface area (Å²) in [6, 6.07) is 30.2. The molecule has 3 rings (SSSR count). The number of aryl methyl sites for hydroxylation is 1. The van der Waals surface area contributed by atoms with Gasteiger partial charge in [0.25, 0.3) is 0 Å². The SMILES string of the molecule is Cc1ccccc1[P+](CCCCC(=O)O)(c1ccccc1)c1ccccc1. The Morgan fingerprint density at radius 1 is 0.778 bits per heavy atom. The number of hydrogen-bond donors (Lipinski definition) is 1. The van der Waals surface area contributed by atoms with Gasteiger partial charge in [-0.25, -0.2) is 0 Å². The third-order valence-electron chi connectivity index (χ3n) is 5.05. The number of carboxylic acid groups (broad SMARTS) is 1. The summed E-state index contributed by atoms with van der Waals surface area (Å²) in [5.41, 5.74) is 1.30. The summed E-state index contributed by atoms with van der Waals surface area (Å²) in [6.07, 6.45) is 2.83. The Morgan fingerprint density at radius 2 is 1.30 bits per heavy atom. The lowest BCUT2D eigenvalue weighted by molar-refractivity contribution is -0.137. The number of carboxylic acids is 1. The van der Waals surface area contributed by atoms with E-state index in [2.05, 4.69) is 91.9 Å². The number of unbranched alkanes of at least 4 members (excludes halogenated alkanes) is 1. The third-order valence-corrected chi connectivity index (χ3v) is 9.73. The Bertz CT molecular complexity index is 836. The summed E-state index contributed by atoms with van der Waals surface area (Å²) in [6.45, 7) is 2.19. The smallest absolute Gasteiger partial charge is 0.303 e. The second-order valence-corrected chi connectivity index (χ2v) is 10.4. The van der Waals surface area contributed by atoms with Gasteiger partial charge >= 0.3 is 5.97 Å². The minimum absolute atomic E-state index is 0.233. The first-order valence-corrected chi connectivity index (χ1v) is 11.4. The van der Waals surface area contributed by atoms with E-state index in [-0.39, 0.29) is 6.42 Å². The highest BCUT2D eigenvalue weighted by Crippen LogP contribution is 2.56. The summed E-state index contributed by atoms with van der Waals surface area (Å²) < 4.78 is 0. The Labute approximate surface area is 162 Å². The standard InChI is InChI=1S/C24H25O2P/c1-20-12-8-9-17-23(20)27(19-11-10-18-24(25)26,21-13-4-2-5-14-21)22-15-6-3-7-16-22/h2-9,12-17H,10-11,18-19H2,1H3/p+1. The molecule has 0 atom stereocenters. The van der Waals surface area contributed by atoms with Gasteiger partial charge in [-0.3, -0.25) is 4.79 Å². The van der Waals surface area contributed by atoms with E-state index in [9.17, 15) is 4.79 Å². The minimum Gasteiger partial charge on any atom is -0.481 e. The molecule has 0 aromatic heterocycles. The first-order valence-electron chi connectivity index (χ1n) is 9.42. The van der Waals surface area contributed by atoms with Crippen molar-refractivity contribution in [3.8, 4) is 0 Å². The zero-order valence-corrected chi connectivity index (χ0v) is 16.6. The molecule has 0 saturated heterocycles.